The van der Waals surface area contributed by atoms with Gasteiger partial charge in [-0.25, -0.2) is 9.97 Å². The molecule has 32 heavy (non-hydrogen) atoms. The molecule has 0 radical (unpaired) electrons. The number of carbonyl (C=O) groups excluding carboxylic acids is 1. The van der Waals surface area contributed by atoms with Gasteiger partial charge in [-0.2, -0.15) is 9.97 Å². The first-order chi connectivity index (χ1) is 15.2. The first-order valence-corrected chi connectivity index (χ1v) is 9.59. The van der Waals surface area contributed by atoms with Crippen molar-refractivity contribution in [2.75, 3.05) is 16.8 Å². The van der Waals surface area contributed by atoms with Gasteiger partial charge in [-0.15, -0.1) is 0 Å². The van der Waals surface area contributed by atoms with Crippen LogP contribution in [0.5, 0.6) is 0 Å². The van der Waals surface area contributed by atoms with Gasteiger partial charge in [0.25, 0.3) is 0 Å². The number of carbonyl (C=O) groups is 3. The molecule has 2 aromatic heterocycles. The zero-order chi connectivity index (χ0) is 23.3. The van der Waals surface area contributed by atoms with Crippen LogP contribution < -0.4 is 16.8 Å². The third-order valence-electron chi connectivity index (χ3n) is 4.67. The number of hydrogen-bond acceptors (Lipinski definition) is 10. The number of hydrogen-bond donors (Lipinski definition) is 5. The first-order valence-electron chi connectivity index (χ1n) is 9.59. The van der Waals surface area contributed by atoms with E-state index in [4.69, 9.17) is 16.6 Å². The van der Waals surface area contributed by atoms with Crippen molar-refractivity contribution in [3.8, 4) is 0 Å². The molecular formula is C20H21N7O5. The number of rotatable bonds is 10. The maximum atomic E-state index is 12.4. The Balaban J connectivity index is 1.62. The lowest BCUT2D eigenvalue weighted by atomic mass is 9.94. The summed E-state index contributed by atoms with van der Waals surface area (Å²) >= 11 is 0. The molecule has 1 aromatic carbocycles. The van der Waals surface area contributed by atoms with E-state index in [1.54, 1.807) is 24.3 Å². The standard InChI is InChI=1S/C20H21N7O5/c21-17-16-18(27-20(22)26-17)24-9-13(25-16)8-23-12-4-1-10(2-5-12)14(28)7-11(19(31)32)3-6-15(29)30/h1-2,4-5,9,11,23H,3,6-8H2,(H,29,30)(H,31,32)(H4,21,22,24,26,27)/t11-/m1/s1. The van der Waals surface area contributed by atoms with Crippen LogP contribution in [-0.4, -0.2) is 47.9 Å². The van der Waals surface area contributed by atoms with Gasteiger partial charge in [0.15, 0.2) is 22.8 Å². The van der Waals surface area contributed by atoms with E-state index in [9.17, 15) is 19.5 Å². The summed E-state index contributed by atoms with van der Waals surface area (Å²) in [6, 6.07) is 6.49. The maximum absolute atomic E-state index is 12.4. The van der Waals surface area contributed by atoms with Crippen LogP contribution in [0.15, 0.2) is 30.5 Å². The third-order valence-corrected chi connectivity index (χ3v) is 4.67. The summed E-state index contributed by atoms with van der Waals surface area (Å²) in [5, 5.41) is 21.1. The number of nitrogens with zero attached hydrogens (tertiary/aromatic N) is 4. The summed E-state index contributed by atoms with van der Waals surface area (Å²) in [6.07, 6.45) is 0.846. The molecule has 0 aliphatic carbocycles. The largest absolute Gasteiger partial charge is 0.481 e. The molecule has 12 heteroatoms. The van der Waals surface area contributed by atoms with Gasteiger partial charge in [-0.05, 0) is 30.7 Å². The van der Waals surface area contributed by atoms with Crippen molar-refractivity contribution in [2.24, 2.45) is 5.92 Å². The summed E-state index contributed by atoms with van der Waals surface area (Å²) in [5.74, 6) is -3.56. The molecule has 0 spiro atoms. The highest BCUT2D eigenvalue weighted by Crippen LogP contribution is 2.19. The van der Waals surface area contributed by atoms with E-state index in [1.807, 2.05) is 0 Å². The highest BCUT2D eigenvalue weighted by molar-refractivity contribution is 5.98. The number of anilines is 3. The molecule has 0 unspecified atom stereocenters. The Kier molecular flexibility index (Phi) is 6.73. The lowest BCUT2D eigenvalue weighted by Crippen LogP contribution is -2.19. The molecule has 7 N–H and O–H groups in total. The summed E-state index contributed by atoms with van der Waals surface area (Å²) < 4.78 is 0. The predicted molar refractivity (Wildman–Crippen MR) is 115 cm³/mol. The van der Waals surface area contributed by atoms with Gasteiger partial charge in [0, 0.05) is 24.1 Å². The van der Waals surface area contributed by atoms with Crippen molar-refractivity contribution in [1.29, 1.82) is 0 Å². The number of carboxylic acids is 2. The minimum Gasteiger partial charge on any atom is -0.481 e. The summed E-state index contributed by atoms with van der Waals surface area (Å²) in [6.45, 7) is 0.316. The second-order valence-corrected chi connectivity index (χ2v) is 7.03. The van der Waals surface area contributed by atoms with E-state index in [1.165, 1.54) is 6.20 Å². The van der Waals surface area contributed by atoms with Gasteiger partial charge in [0.2, 0.25) is 5.95 Å². The molecular weight excluding hydrogens is 418 g/mol. The monoisotopic (exact) mass is 439 g/mol. The van der Waals surface area contributed by atoms with Gasteiger partial charge in [0.05, 0.1) is 24.4 Å². The fourth-order valence-electron chi connectivity index (χ4n) is 2.99. The average molecular weight is 439 g/mol. The fourth-order valence-corrected chi connectivity index (χ4v) is 2.99. The van der Waals surface area contributed by atoms with Crippen molar-refractivity contribution < 1.29 is 24.6 Å². The van der Waals surface area contributed by atoms with Gasteiger partial charge in [0.1, 0.15) is 0 Å². The number of benzene rings is 1. The number of aromatic nitrogens is 4. The minimum absolute atomic E-state index is 0.0152. The Bertz CT molecular complexity index is 1170. The maximum Gasteiger partial charge on any atom is 0.306 e. The van der Waals surface area contributed by atoms with E-state index < -0.39 is 17.9 Å². The number of Topliss-reactive ketones (excluding diaryl/α,β-unsaturated/α-hetero) is 1. The molecule has 3 rings (SSSR count). The van der Waals surface area contributed by atoms with Crippen molar-refractivity contribution in [2.45, 2.75) is 25.8 Å². The van der Waals surface area contributed by atoms with Crippen LogP contribution in [0.25, 0.3) is 11.2 Å². The van der Waals surface area contributed by atoms with Crippen molar-refractivity contribution >= 4 is 46.3 Å². The van der Waals surface area contributed by atoms with E-state index in [0.717, 1.165) is 0 Å². The Hall–Kier alpha value is -4.35. The van der Waals surface area contributed by atoms with Crippen molar-refractivity contribution in [3.05, 3.63) is 41.7 Å². The lowest BCUT2D eigenvalue weighted by molar-refractivity contribution is -0.142. The SMILES string of the molecule is Nc1nc(N)c2nc(CNc3ccc(C(=O)C[C@@H](CCC(=O)O)C(=O)O)cc3)cnc2n1. The van der Waals surface area contributed by atoms with Crippen LogP contribution >= 0.6 is 0 Å². The second-order valence-electron chi connectivity index (χ2n) is 7.03. The van der Waals surface area contributed by atoms with Crippen LogP contribution in [0.1, 0.15) is 35.3 Å². The zero-order valence-corrected chi connectivity index (χ0v) is 16.9. The summed E-state index contributed by atoms with van der Waals surface area (Å²) in [4.78, 5) is 50.7. The number of ketones is 1. The summed E-state index contributed by atoms with van der Waals surface area (Å²) in [7, 11) is 0. The second kappa shape index (κ2) is 9.64. The Morgan fingerprint density at radius 3 is 2.41 bits per heavy atom. The number of nitrogen functional groups attached to an aromatic ring is 2. The van der Waals surface area contributed by atoms with Crippen molar-refractivity contribution in [1.82, 2.24) is 19.9 Å². The predicted octanol–water partition coefficient (Wildman–Crippen LogP) is 1.33. The molecule has 0 saturated carbocycles. The number of nitrogens with one attached hydrogen (secondary N) is 1. The van der Waals surface area contributed by atoms with E-state index in [2.05, 4.69) is 25.3 Å². The lowest BCUT2D eigenvalue weighted by Gasteiger charge is -2.11. The fraction of sp³-hybridized carbons (Fsp3) is 0.250. The first kappa shape index (κ1) is 22.3. The van der Waals surface area contributed by atoms with Crippen LogP contribution in [0.4, 0.5) is 17.5 Å². The molecule has 0 aliphatic heterocycles. The molecule has 1 atom stereocenters. The van der Waals surface area contributed by atoms with Crippen LogP contribution in [0.3, 0.4) is 0 Å². The number of nitrogens with two attached hydrogens (primary N) is 2. The number of aliphatic carboxylic acids is 2. The zero-order valence-electron chi connectivity index (χ0n) is 16.9. The Morgan fingerprint density at radius 2 is 1.75 bits per heavy atom. The van der Waals surface area contributed by atoms with Crippen LogP contribution in [-0.2, 0) is 16.1 Å². The quantitative estimate of drug-likeness (QED) is 0.283. The Morgan fingerprint density at radius 1 is 1.03 bits per heavy atom. The van der Waals surface area contributed by atoms with Gasteiger partial charge in [-0.1, -0.05) is 0 Å². The molecule has 2 heterocycles. The molecule has 0 aliphatic rings. The van der Waals surface area contributed by atoms with E-state index >= 15 is 0 Å². The van der Waals surface area contributed by atoms with Gasteiger partial charge >= 0.3 is 11.9 Å². The molecule has 166 valence electrons. The molecule has 3 aromatic rings. The third kappa shape index (κ3) is 5.62. The molecule has 12 nitrogen and oxygen atoms in total. The normalized spacial score (nSPS) is 11.8. The average Bonchev–Trinajstić information content (AvgIpc) is 2.75. The van der Waals surface area contributed by atoms with E-state index in [0.29, 0.717) is 34.7 Å². The van der Waals surface area contributed by atoms with Crippen LogP contribution in [0, 0.1) is 5.92 Å². The van der Waals surface area contributed by atoms with Gasteiger partial charge < -0.3 is 27.0 Å². The highest BCUT2D eigenvalue weighted by Gasteiger charge is 2.22. The Labute approximate surface area is 181 Å². The smallest absolute Gasteiger partial charge is 0.306 e. The van der Waals surface area contributed by atoms with Gasteiger partial charge in [-0.3, -0.25) is 14.4 Å². The number of fused-ring (bicyclic) bond motifs is 1. The van der Waals surface area contributed by atoms with E-state index in [-0.39, 0.29) is 36.8 Å². The minimum atomic E-state index is -1.19. The van der Waals surface area contributed by atoms with Crippen LogP contribution in [0.2, 0.25) is 0 Å². The molecule has 0 amide bonds. The topological polar surface area (TPSA) is 207 Å². The highest BCUT2D eigenvalue weighted by atomic mass is 16.4. The van der Waals surface area contributed by atoms with Crippen molar-refractivity contribution in [3.63, 3.8) is 0 Å². The molecule has 0 saturated heterocycles. The summed E-state index contributed by atoms with van der Waals surface area (Å²) in [5.41, 5.74) is 13.6. The molecule has 0 bridgehead atoms. The molecule has 0 fully saturated rings. The number of carboxylic acid groups (broad SMARTS) is 2.